The van der Waals surface area contributed by atoms with E-state index < -0.39 is 0 Å². The Kier molecular flexibility index (Phi) is 3.30. The molecule has 22 heavy (non-hydrogen) atoms. The van der Waals surface area contributed by atoms with E-state index in [1.807, 2.05) is 42.5 Å². The number of benzene rings is 1. The first-order valence-electron chi connectivity index (χ1n) is 7.58. The number of carbonyl (C=O) groups excluding carboxylic acids is 1. The van der Waals surface area contributed by atoms with Gasteiger partial charge < -0.3 is 9.32 Å². The van der Waals surface area contributed by atoms with Crippen LogP contribution in [0, 0.1) is 5.92 Å². The Morgan fingerprint density at radius 1 is 1.14 bits per heavy atom. The van der Waals surface area contributed by atoms with E-state index in [2.05, 4.69) is 4.90 Å². The minimum Gasteiger partial charge on any atom is -0.457 e. The molecule has 3 fully saturated rings. The Hall–Kier alpha value is -2.00. The molecule has 0 radical (unpaired) electrons. The van der Waals surface area contributed by atoms with Gasteiger partial charge in [0.15, 0.2) is 5.78 Å². The van der Waals surface area contributed by atoms with Crippen molar-refractivity contribution in [2.24, 2.45) is 5.92 Å². The van der Waals surface area contributed by atoms with Crippen LogP contribution in [0.4, 0.5) is 0 Å². The van der Waals surface area contributed by atoms with E-state index in [0.29, 0.717) is 10.8 Å². The van der Waals surface area contributed by atoms with Crippen molar-refractivity contribution in [1.29, 1.82) is 0 Å². The molecule has 0 N–H and O–H groups in total. The highest BCUT2D eigenvalue weighted by atomic mass is 35.5. The van der Waals surface area contributed by atoms with Crippen LogP contribution in [0.3, 0.4) is 0 Å². The molecular formula is C18H16ClNO2. The van der Waals surface area contributed by atoms with E-state index in [0.717, 1.165) is 43.0 Å². The minimum absolute atomic E-state index is 0.203. The van der Waals surface area contributed by atoms with Gasteiger partial charge in [0, 0.05) is 30.6 Å². The zero-order chi connectivity index (χ0) is 15.1. The number of hydrogen-bond acceptors (Lipinski definition) is 3. The Bertz CT molecular complexity index is 754. The van der Waals surface area contributed by atoms with Gasteiger partial charge in [-0.3, -0.25) is 4.79 Å². The summed E-state index contributed by atoms with van der Waals surface area (Å²) < 4.78 is 5.87. The fourth-order valence-electron chi connectivity index (χ4n) is 3.28. The van der Waals surface area contributed by atoms with Gasteiger partial charge in [0.2, 0.25) is 0 Å². The van der Waals surface area contributed by atoms with Gasteiger partial charge in [0.05, 0.1) is 10.7 Å². The molecule has 1 aromatic heterocycles. The third-order valence-electron chi connectivity index (χ3n) is 4.50. The highest BCUT2D eigenvalue weighted by Gasteiger charge is 2.36. The monoisotopic (exact) mass is 313 g/mol. The molecule has 0 aliphatic carbocycles. The summed E-state index contributed by atoms with van der Waals surface area (Å²) in [5.74, 6) is 1.88. The zero-order valence-electron chi connectivity index (χ0n) is 12.1. The lowest BCUT2D eigenvalue weighted by atomic mass is 9.84. The largest absolute Gasteiger partial charge is 0.457 e. The van der Waals surface area contributed by atoms with Crippen LogP contribution in [0.1, 0.15) is 18.6 Å². The van der Waals surface area contributed by atoms with Gasteiger partial charge in [0.25, 0.3) is 0 Å². The van der Waals surface area contributed by atoms with E-state index in [9.17, 15) is 4.79 Å². The molecule has 2 aromatic rings. The lowest BCUT2D eigenvalue weighted by Gasteiger charge is -2.40. The summed E-state index contributed by atoms with van der Waals surface area (Å²) in [6.45, 7) is 1.95. The van der Waals surface area contributed by atoms with Gasteiger partial charge in [0.1, 0.15) is 11.5 Å². The first-order chi connectivity index (χ1) is 10.7. The molecule has 4 heterocycles. The molecule has 112 valence electrons. The zero-order valence-corrected chi connectivity index (χ0v) is 12.8. The quantitative estimate of drug-likeness (QED) is 0.778. The summed E-state index contributed by atoms with van der Waals surface area (Å²) in [5.41, 5.74) is 1.66. The molecule has 3 saturated heterocycles. The molecular weight excluding hydrogens is 298 g/mol. The van der Waals surface area contributed by atoms with Gasteiger partial charge in [-0.1, -0.05) is 23.7 Å². The molecule has 5 rings (SSSR count). The maximum atomic E-state index is 12.3. The smallest absolute Gasteiger partial charge is 0.182 e. The topological polar surface area (TPSA) is 33.5 Å². The average molecular weight is 314 g/mol. The Labute approximate surface area is 134 Å². The number of rotatable bonds is 2. The van der Waals surface area contributed by atoms with Crippen molar-refractivity contribution in [2.75, 3.05) is 13.1 Å². The number of halogens is 1. The second-order valence-electron chi connectivity index (χ2n) is 5.84. The van der Waals surface area contributed by atoms with Crippen molar-refractivity contribution in [2.45, 2.75) is 12.8 Å². The van der Waals surface area contributed by atoms with Gasteiger partial charge in [-0.15, -0.1) is 0 Å². The molecule has 3 nitrogen and oxygen atoms in total. The van der Waals surface area contributed by atoms with Gasteiger partial charge in [-0.05, 0) is 37.1 Å². The van der Waals surface area contributed by atoms with Crippen molar-refractivity contribution < 1.29 is 9.21 Å². The highest BCUT2D eigenvalue weighted by molar-refractivity contribution is 6.33. The van der Waals surface area contributed by atoms with Gasteiger partial charge >= 0.3 is 0 Å². The minimum atomic E-state index is 0.203. The third kappa shape index (κ3) is 2.26. The molecule has 3 aliphatic rings. The normalized spacial score (nSPS) is 20.1. The Morgan fingerprint density at radius 2 is 1.91 bits per heavy atom. The molecule has 0 atom stereocenters. The van der Waals surface area contributed by atoms with Gasteiger partial charge in [-0.25, -0.2) is 0 Å². The molecule has 0 amide bonds. The number of hydrogen-bond donors (Lipinski definition) is 0. The second-order valence-corrected chi connectivity index (χ2v) is 6.24. The van der Waals surface area contributed by atoms with E-state index in [4.69, 9.17) is 16.0 Å². The molecule has 2 bridgehead atoms. The van der Waals surface area contributed by atoms with Crippen LogP contribution in [0.25, 0.3) is 17.4 Å². The summed E-state index contributed by atoms with van der Waals surface area (Å²) in [7, 11) is 0. The second kappa shape index (κ2) is 5.33. The van der Waals surface area contributed by atoms with Crippen LogP contribution in [-0.4, -0.2) is 23.8 Å². The number of carbonyl (C=O) groups is 1. The fraction of sp³-hybridized carbons (Fsp3) is 0.278. The van der Waals surface area contributed by atoms with E-state index in [1.54, 1.807) is 0 Å². The van der Waals surface area contributed by atoms with Crippen LogP contribution in [-0.2, 0) is 4.79 Å². The van der Waals surface area contributed by atoms with Crippen LogP contribution < -0.4 is 0 Å². The molecule has 0 saturated carbocycles. The van der Waals surface area contributed by atoms with Crippen molar-refractivity contribution in [3.05, 3.63) is 52.9 Å². The van der Waals surface area contributed by atoms with Crippen molar-refractivity contribution in [1.82, 2.24) is 4.90 Å². The predicted octanol–water partition coefficient (Wildman–Crippen LogP) is 4.24. The summed E-state index contributed by atoms with van der Waals surface area (Å²) in [4.78, 5) is 14.5. The molecule has 0 spiro atoms. The summed E-state index contributed by atoms with van der Waals surface area (Å²) >= 11 is 6.20. The van der Waals surface area contributed by atoms with Crippen LogP contribution >= 0.6 is 11.6 Å². The van der Waals surface area contributed by atoms with E-state index >= 15 is 0 Å². The van der Waals surface area contributed by atoms with E-state index in [1.165, 1.54) is 0 Å². The van der Waals surface area contributed by atoms with Gasteiger partial charge in [-0.2, -0.15) is 0 Å². The third-order valence-corrected chi connectivity index (χ3v) is 4.83. The number of furan rings is 1. The number of ketones is 1. The Balaban J connectivity index is 1.66. The van der Waals surface area contributed by atoms with E-state index in [-0.39, 0.29) is 11.7 Å². The summed E-state index contributed by atoms with van der Waals surface area (Å²) in [5, 5.41) is 0.660. The van der Waals surface area contributed by atoms with Crippen LogP contribution in [0.5, 0.6) is 0 Å². The average Bonchev–Trinajstić information content (AvgIpc) is 3.00. The number of nitrogens with zero attached hydrogens (tertiary/aromatic N) is 1. The van der Waals surface area contributed by atoms with Crippen LogP contribution in [0.15, 0.2) is 46.5 Å². The number of Topliss-reactive ketones (excluding diaryl/α,β-unsaturated/α-hetero) is 1. The molecule has 1 aromatic carbocycles. The molecule has 3 aliphatic heterocycles. The summed E-state index contributed by atoms with van der Waals surface area (Å²) in [6.07, 6.45) is 3.84. The number of fused-ring (bicyclic) bond motifs is 3. The van der Waals surface area contributed by atoms with Crippen molar-refractivity contribution >= 4 is 23.5 Å². The molecule has 0 unspecified atom stereocenters. The Morgan fingerprint density at radius 3 is 2.64 bits per heavy atom. The SMILES string of the molecule is O=C1C(=Cc2ccc(-c3ccccc3Cl)o2)N2CCC1CC2. The number of allylic oxidation sites excluding steroid dienone is 1. The fourth-order valence-corrected chi connectivity index (χ4v) is 3.51. The van der Waals surface area contributed by atoms with Crippen molar-refractivity contribution in [3.8, 4) is 11.3 Å². The van der Waals surface area contributed by atoms with Crippen molar-refractivity contribution in [3.63, 3.8) is 0 Å². The number of piperidine rings is 3. The summed E-state index contributed by atoms with van der Waals surface area (Å²) in [6, 6.07) is 11.4. The maximum absolute atomic E-state index is 12.3. The first-order valence-corrected chi connectivity index (χ1v) is 7.96. The lowest BCUT2D eigenvalue weighted by Crippen LogP contribution is -2.45. The predicted molar refractivity (Wildman–Crippen MR) is 86.4 cm³/mol. The molecule has 4 heteroatoms. The standard InChI is InChI=1S/C18H16ClNO2/c19-15-4-2-1-3-14(15)17-6-5-13(22-17)11-16-18(21)12-7-9-20(16)10-8-12/h1-6,11-12H,7-10H2. The highest BCUT2D eigenvalue weighted by Crippen LogP contribution is 2.34. The van der Waals surface area contributed by atoms with Crippen LogP contribution in [0.2, 0.25) is 5.02 Å². The first kappa shape index (κ1) is 13.6. The maximum Gasteiger partial charge on any atom is 0.182 e. The lowest BCUT2D eigenvalue weighted by molar-refractivity contribution is -0.125.